The average molecular weight is 1310 g/mol. The smallest absolute Gasteiger partial charge is 0.263 e. The van der Waals surface area contributed by atoms with Crippen LogP contribution in [-0.2, 0) is 201 Å². The fourth-order valence-electron chi connectivity index (χ4n) is 0.978. The second kappa shape index (κ2) is 29.4. The molecule has 0 atom stereocenters. The van der Waals surface area contributed by atoms with E-state index in [4.69, 9.17) is 13.7 Å². The summed E-state index contributed by atoms with van der Waals surface area (Å²) in [5.41, 5.74) is 0. The molecule has 59 heteroatoms. The van der Waals surface area contributed by atoms with Crippen LogP contribution in [0.2, 0.25) is 0 Å². The molecule has 0 aliphatic heterocycles. The van der Waals surface area contributed by atoms with Crippen LogP contribution in [0.5, 0.6) is 0 Å². The van der Waals surface area contributed by atoms with Crippen molar-refractivity contribution in [2.75, 3.05) is 58.0 Å². The van der Waals surface area contributed by atoms with Gasteiger partial charge in [-0.2, -0.15) is 118 Å². The SMILES string of the molecule is COS(=O)(=O)OS(=O)(=O)O.COS(=O)(=O)OS(C)(=O)=O.CS(=O)(=O)OOS(=O)(=O)O.CS(=O)(=O)OOS(=O)(=O)OS(C)(=O)=O.CS(=O)(=O)OOS(C)(=O)=O.CS(=O)(=O)OS(=O)(=O)OOS(=O)(=O)O. The molecular weight excluding hydrogens is 1280 g/mol. The first-order chi connectivity index (χ1) is 28.8. The third kappa shape index (κ3) is 81.6. The Hall–Kier alpha value is -1.38. The van der Waals surface area contributed by atoms with Gasteiger partial charge < -0.3 is 0 Å². The molecule has 0 aromatic heterocycles. The van der Waals surface area contributed by atoms with Crippen molar-refractivity contribution >= 4 is 144 Å². The molecule has 0 amide bonds. The van der Waals surface area contributed by atoms with Crippen LogP contribution < -0.4 is 0 Å². The molecule has 0 saturated heterocycles. The van der Waals surface area contributed by atoms with E-state index in [1.54, 1.807) is 0 Å². The van der Waals surface area contributed by atoms with E-state index in [2.05, 4.69) is 57.6 Å². The maximum Gasteiger partial charge on any atom is 0.442 e. The van der Waals surface area contributed by atoms with Crippen molar-refractivity contribution in [3.05, 3.63) is 0 Å². The zero-order chi connectivity index (χ0) is 56.9. The highest BCUT2D eigenvalue weighted by Gasteiger charge is 2.25. The van der Waals surface area contributed by atoms with Gasteiger partial charge >= 0.3 is 72.8 Å². The topological polar surface area (TPSA) is 668 Å². The lowest BCUT2D eigenvalue weighted by molar-refractivity contribution is -0.103. The fourth-order valence-corrected chi connectivity index (χ4v) is 8.80. The molecule has 0 heterocycles. The van der Waals surface area contributed by atoms with Gasteiger partial charge in [-0.1, -0.05) is 34.7 Å². The van der Waals surface area contributed by atoms with Crippen LogP contribution in [0.4, 0.5) is 0 Å². The molecule has 0 fully saturated rings. The molecule has 45 nitrogen and oxygen atoms in total. The van der Waals surface area contributed by atoms with Crippen LogP contribution in [0.15, 0.2) is 0 Å². The Morgan fingerprint density at radius 3 is 0.544 bits per heavy atom. The lowest BCUT2D eigenvalue weighted by atomic mass is 11.8. The Kier molecular flexibility index (Phi) is 33.7. The molecule has 0 aromatic rings. The minimum Gasteiger partial charge on any atom is -0.263 e. The number of rotatable bonds is 22. The van der Waals surface area contributed by atoms with Crippen molar-refractivity contribution < 1.29 is 189 Å². The summed E-state index contributed by atoms with van der Waals surface area (Å²) in [7, 11) is -61.5. The summed E-state index contributed by atoms with van der Waals surface area (Å²) >= 11 is 0. The minimum absolute atomic E-state index is 0.362. The molecule has 0 aliphatic rings. The van der Waals surface area contributed by atoms with Crippen molar-refractivity contribution in [3.8, 4) is 0 Å². The van der Waals surface area contributed by atoms with Crippen molar-refractivity contribution in [1.82, 2.24) is 0 Å². The second-order valence-corrected chi connectivity index (χ2v) is 28.6. The van der Waals surface area contributed by atoms with E-state index in [-0.39, 0.29) is 0 Å². The van der Waals surface area contributed by atoms with E-state index in [9.17, 15) is 118 Å². The monoisotopic (exact) mass is 1310 g/mol. The molecule has 0 bridgehead atoms. The summed E-state index contributed by atoms with van der Waals surface area (Å²) in [6.45, 7) is 0. The highest BCUT2D eigenvalue weighted by molar-refractivity contribution is 7.98. The fraction of sp³-hybridized carbons (Fsp3) is 1.00. The van der Waals surface area contributed by atoms with Crippen molar-refractivity contribution in [3.63, 3.8) is 0 Å². The van der Waals surface area contributed by atoms with Gasteiger partial charge in [0, 0.05) is 0 Å². The van der Waals surface area contributed by atoms with E-state index in [0.717, 1.165) is 7.11 Å². The number of hydrogen-bond acceptors (Lipinski definition) is 42. The maximum atomic E-state index is 10.5. The van der Waals surface area contributed by atoms with Gasteiger partial charge in [0.1, 0.15) is 0 Å². The van der Waals surface area contributed by atoms with Crippen LogP contribution in [0.1, 0.15) is 0 Å². The predicted octanol–water partition coefficient (Wildman–Crippen LogP) is -8.82. The average Bonchev–Trinajstić information content (AvgIpc) is 2.96. The van der Waals surface area contributed by atoms with Crippen LogP contribution in [0, 0.1) is 0 Å². The molecule has 0 saturated carbocycles. The van der Waals surface area contributed by atoms with Crippen LogP contribution >= 0.6 is 0 Å². The van der Waals surface area contributed by atoms with Gasteiger partial charge in [0.05, 0.1) is 58.0 Å². The summed E-state index contributed by atoms with van der Waals surface area (Å²) < 4.78 is 352. The highest BCUT2D eigenvalue weighted by atomic mass is 32.3. The van der Waals surface area contributed by atoms with Crippen molar-refractivity contribution in [2.24, 2.45) is 0 Å². The molecule has 0 aromatic carbocycles. The highest BCUT2D eigenvalue weighted by Crippen LogP contribution is 2.05. The van der Waals surface area contributed by atoms with Gasteiger partial charge in [-0.05, 0) is 0 Å². The van der Waals surface area contributed by atoms with E-state index in [1.165, 1.54) is 0 Å². The Bertz CT molecular complexity index is 2930. The van der Waals surface area contributed by atoms with E-state index < -0.39 is 144 Å². The third-order valence-electron chi connectivity index (χ3n) is 2.14. The van der Waals surface area contributed by atoms with Gasteiger partial charge in [0.15, 0.2) is 0 Å². The summed E-state index contributed by atoms with van der Waals surface area (Å²) in [6.07, 6.45) is 3.76. The first-order valence-electron chi connectivity index (χ1n) is 12.6. The van der Waals surface area contributed by atoms with Crippen molar-refractivity contribution in [2.45, 2.75) is 0 Å². The lowest BCUT2D eigenvalue weighted by Crippen LogP contribution is -2.17. The van der Waals surface area contributed by atoms with Gasteiger partial charge in [-0.15, -0.1) is 14.5 Å². The van der Waals surface area contributed by atoms with Gasteiger partial charge in [0.2, 0.25) is 0 Å². The van der Waals surface area contributed by atoms with E-state index in [1.807, 2.05) is 0 Å². The van der Waals surface area contributed by atoms with E-state index >= 15 is 0 Å². The molecular formula is C9H30O45S14. The molecule has 0 spiro atoms. The van der Waals surface area contributed by atoms with Crippen LogP contribution in [0.3, 0.4) is 0 Å². The lowest BCUT2D eigenvalue weighted by Gasteiger charge is -2.00. The Morgan fingerprint density at radius 1 is 0.221 bits per heavy atom. The Morgan fingerprint density at radius 2 is 0.397 bits per heavy atom. The minimum atomic E-state index is -5.22. The number of hydrogen-bond donors (Lipinski definition) is 3. The zero-order valence-corrected chi connectivity index (χ0v) is 44.6. The zero-order valence-electron chi connectivity index (χ0n) is 33.2. The summed E-state index contributed by atoms with van der Waals surface area (Å²) in [5, 5.41) is 0. The molecule has 0 radical (unpaired) electrons. The van der Waals surface area contributed by atoms with E-state index in [0.29, 0.717) is 50.9 Å². The summed E-state index contributed by atoms with van der Waals surface area (Å²) in [6, 6.07) is 0. The molecule has 3 N–H and O–H groups in total. The molecule has 68 heavy (non-hydrogen) atoms. The molecule has 420 valence electrons. The predicted molar refractivity (Wildman–Crippen MR) is 201 cm³/mol. The Labute approximate surface area is 388 Å². The maximum absolute atomic E-state index is 10.5. The summed E-state index contributed by atoms with van der Waals surface area (Å²) in [4.78, 5) is 0. The van der Waals surface area contributed by atoms with Gasteiger partial charge in [-0.3, -0.25) is 22.0 Å². The molecule has 0 unspecified atom stereocenters. The molecule has 0 rings (SSSR count). The van der Waals surface area contributed by atoms with Crippen molar-refractivity contribution in [1.29, 1.82) is 0 Å². The standard InChI is InChI=1S/C2H6O9S3.2C2H6O6S2.CH4O10S3.2CH4O7S2/c1-12(3,4)9-10-14(7,8)11-13(2,5)6;1-9(3,4)7-8-10(2,5)6;1-7-10(5,6)8-9(2,3)4;1-12(2,3)11-14(7,8)10-9-13(4,5)6;1-9(2,3)7-8-10(4,5)6;1-7-10(5,6)8-9(2,3)4/h1-2H3;2*1-2H3;1H3,(H,4,5,6);1H3,(H,4,5,6);1H3,(H,2,3,4). The Balaban J connectivity index is -0.000000171. The quantitative estimate of drug-likeness (QED) is 0.0515. The summed E-state index contributed by atoms with van der Waals surface area (Å²) in [5.74, 6) is 0. The van der Waals surface area contributed by atoms with Gasteiger partial charge in [-0.25, -0.2) is 0 Å². The van der Waals surface area contributed by atoms with Crippen LogP contribution in [0.25, 0.3) is 0 Å². The second-order valence-electron chi connectivity index (χ2n) is 8.99. The van der Waals surface area contributed by atoms with Gasteiger partial charge in [0.25, 0.3) is 70.8 Å². The normalized spacial score (nSPS) is 13.7. The largest absolute Gasteiger partial charge is 0.442 e. The molecule has 0 aliphatic carbocycles. The first-order valence-corrected chi connectivity index (χ1v) is 34.7. The first kappa shape index (κ1) is 78.1. The van der Waals surface area contributed by atoms with Crippen LogP contribution in [-0.4, -0.2) is 190 Å². The third-order valence-corrected chi connectivity index (χ3v) is 11.8.